The quantitative estimate of drug-likeness (QED) is 0.0494. The van der Waals surface area contributed by atoms with E-state index in [1.807, 2.05) is 0 Å². The van der Waals surface area contributed by atoms with Gasteiger partial charge in [0, 0.05) is 6.42 Å². The fourth-order valence-electron chi connectivity index (χ4n) is 3.81. The van der Waals surface area contributed by atoms with Gasteiger partial charge in [-0.15, -0.1) is 0 Å². The largest absolute Gasteiger partial charge is 0.472 e. The molecule has 2 atom stereocenters. The van der Waals surface area contributed by atoms with Crippen LogP contribution in [0.3, 0.4) is 0 Å². The fourth-order valence-corrected chi connectivity index (χ4v) is 4.56. The molecule has 1 unspecified atom stereocenters. The number of rotatable bonds is 27. The van der Waals surface area contributed by atoms with Crippen LogP contribution < -0.4 is 0 Å². The summed E-state index contributed by atoms with van der Waals surface area (Å²) < 4.78 is 91.7. The molecule has 222 valence electrons. The predicted octanol–water partition coefficient (Wildman–Crippen LogP) is 6.77. The van der Waals surface area contributed by atoms with E-state index in [0.29, 0.717) is 6.42 Å². The van der Waals surface area contributed by atoms with E-state index in [2.05, 4.69) is 16.0 Å². The number of esters is 1. The predicted molar refractivity (Wildman–Crippen MR) is 150 cm³/mol. The smallest absolute Gasteiger partial charge is 0.463 e. The number of ether oxygens (including phenoxy) is 1. The highest BCUT2D eigenvalue weighted by molar-refractivity contribution is 7.47. The number of quaternary nitrogens is 1. The summed E-state index contributed by atoms with van der Waals surface area (Å²) in [6, 6.07) is 0. The molecule has 9 heteroatoms. The minimum Gasteiger partial charge on any atom is -0.463 e. The molecule has 0 fully saturated rings. The molecule has 0 saturated carbocycles. The summed E-state index contributed by atoms with van der Waals surface area (Å²) in [6.07, 6.45) is 19.5. The van der Waals surface area contributed by atoms with Crippen molar-refractivity contribution < 1.29 is 50.0 Å². The Morgan fingerprint density at radius 2 is 1.24 bits per heavy atom. The number of carbonyl (C=O) groups is 1. The van der Waals surface area contributed by atoms with Crippen LogP contribution in [0, 0.1) is 0 Å². The average Bonchev–Trinajstić information content (AvgIpc) is 2.92. The van der Waals surface area contributed by atoms with Crippen molar-refractivity contribution in [1.29, 1.82) is 0 Å². The summed E-state index contributed by atoms with van der Waals surface area (Å²) >= 11 is 0. The van der Waals surface area contributed by atoms with E-state index in [1.165, 1.54) is 83.5 Å². The van der Waals surface area contributed by atoms with Crippen LogP contribution in [-0.2, 0) is 23.1 Å². The first-order valence-corrected chi connectivity index (χ1v) is 15.6. The van der Waals surface area contributed by atoms with Gasteiger partial charge in [0.15, 0.2) is 0 Å². The summed E-state index contributed by atoms with van der Waals surface area (Å²) in [7, 11) is -4.95. The second kappa shape index (κ2) is 23.4. The van der Waals surface area contributed by atoms with Crippen molar-refractivity contribution in [3.63, 3.8) is 0 Å². The number of aliphatic hydroxyl groups is 1. The standard InChI is InChI=1S/C28H58NO7P/c1-5-6-7-8-9-10-11-12-13-14-15-16-17-18-19-20-21-22-28(31)34-25-27(30)26-36-37(32,33)35-24-23-29(2,3)4/h27,30H,5-26H2,1-4H3/p+1/t27-/m1/s1/i2D3,3D3,4D3. The van der Waals surface area contributed by atoms with Crippen molar-refractivity contribution in [2.45, 2.75) is 129 Å². The van der Waals surface area contributed by atoms with Crippen LogP contribution in [0.1, 0.15) is 135 Å². The van der Waals surface area contributed by atoms with Crippen molar-refractivity contribution in [3.8, 4) is 0 Å². The Bertz CT molecular complexity index is 823. The van der Waals surface area contributed by atoms with Crippen LogP contribution in [0.4, 0.5) is 0 Å². The first-order chi connectivity index (χ1) is 21.3. The van der Waals surface area contributed by atoms with Crippen molar-refractivity contribution in [1.82, 2.24) is 0 Å². The minimum atomic E-state index is -4.95. The molecule has 0 saturated heterocycles. The number of unbranched alkanes of at least 4 members (excludes halogenated alkanes) is 16. The van der Waals surface area contributed by atoms with Crippen LogP contribution in [0.2, 0.25) is 0 Å². The Kier molecular flexibility index (Phi) is 14.7. The number of phosphoric ester groups is 1. The lowest BCUT2D eigenvalue weighted by atomic mass is 10.0. The molecule has 0 aromatic carbocycles. The van der Waals surface area contributed by atoms with Gasteiger partial charge in [-0.2, -0.15) is 0 Å². The highest BCUT2D eigenvalue weighted by atomic mass is 31.2. The summed E-state index contributed by atoms with van der Waals surface area (Å²) in [6.45, 7) is -11.9. The molecule has 2 N–H and O–H groups in total. The molecular formula is C28H59NO7P+. The minimum absolute atomic E-state index is 0.171. The molecule has 0 spiro atoms. The number of hydrogen-bond acceptors (Lipinski definition) is 6. The zero-order valence-electron chi connectivity index (χ0n) is 32.0. The van der Waals surface area contributed by atoms with E-state index in [-0.39, 0.29) is 6.42 Å². The molecule has 0 aromatic rings. The SMILES string of the molecule is [2H]C([2H])([2H])[N+](CCOP(=O)(O)OC[C@H](O)COC(=O)CCCCCCCCCCCCCCCCCCC)(C([2H])([2H])[2H])C([2H])([2H])[2H]. The van der Waals surface area contributed by atoms with Gasteiger partial charge < -0.3 is 19.2 Å². The third kappa shape index (κ3) is 28.3. The van der Waals surface area contributed by atoms with E-state index in [9.17, 15) is 19.4 Å². The molecule has 0 heterocycles. The Morgan fingerprint density at radius 3 is 1.70 bits per heavy atom. The van der Waals surface area contributed by atoms with Crippen LogP contribution in [0.15, 0.2) is 0 Å². The van der Waals surface area contributed by atoms with Gasteiger partial charge in [-0.1, -0.05) is 110 Å². The number of carbonyl (C=O) groups excluding carboxylic acids is 1. The Hall–Kier alpha value is -0.500. The highest BCUT2D eigenvalue weighted by Gasteiger charge is 2.24. The molecule has 8 nitrogen and oxygen atoms in total. The van der Waals surface area contributed by atoms with Crippen molar-refractivity contribution in [2.24, 2.45) is 0 Å². The van der Waals surface area contributed by atoms with E-state index in [1.54, 1.807) is 0 Å². The molecular weight excluding hydrogens is 493 g/mol. The average molecular weight is 562 g/mol. The summed E-state index contributed by atoms with van der Waals surface area (Å²) in [5.41, 5.74) is 0. The van der Waals surface area contributed by atoms with Gasteiger partial charge in [-0.05, 0) is 6.42 Å². The second-order valence-corrected chi connectivity index (χ2v) is 11.3. The molecule has 0 aliphatic rings. The fraction of sp³-hybridized carbons (Fsp3) is 0.964. The number of phosphoric acid groups is 1. The zero-order valence-corrected chi connectivity index (χ0v) is 23.9. The van der Waals surface area contributed by atoms with Gasteiger partial charge in [-0.25, -0.2) is 4.57 Å². The first kappa shape index (κ1) is 23.2. The van der Waals surface area contributed by atoms with Crippen LogP contribution >= 0.6 is 7.82 Å². The first-order valence-electron chi connectivity index (χ1n) is 18.6. The summed E-state index contributed by atoms with van der Waals surface area (Å²) in [5, 5.41) is 9.94. The van der Waals surface area contributed by atoms with Gasteiger partial charge in [0.1, 0.15) is 25.9 Å². The Balaban J connectivity index is 4.04. The number of likely N-dealkylation sites (N-methyl/N-ethyl adjacent to an activating group) is 1. The van der Waals surface area contributed by atoms with Gasteiger partial charge in [0.05, 0.1) is 39.9 Å². The van der Waals surface area contributed by atoms with E-state index in [4.69, 9.17) is 17.1 Å². The Labute approximate surface area is 240 Å². The van der Waals surface area contributed by atoms with E-state index in [0.717, 1.165) is 19.3 Å². The normalized spacial score (nSPS) is 19.1. The molecule has 37 heavy (non-hydrogen) atoms. The summed E-state index contributed by atoms with van der Waals surface area (Å²) in [4.78, 5) is 21.8. The van der Waals surface area contributed by atoms with Crippen LogP contribution in [0.25, 0.3) is 0 Å². The molecule has 0 aliphatic heterocycles. The number of nitrogens with zero attached hydrogens (tertiary/aromatic N) is 1. The third-order valence-corrected chi connectivity index (χ3v) is 7.02. The van der Waals surface area contributed by atoms with Crippen molar-refractivity contribution in [2.75, 3.05) is 47.3 Å². The maximum absolute atomic E-state index is 12.1. The molecule has 0 aliphatic carbocycles. The van der Waals surface area contributed by atoms with Gasteiger partial charge in [-0.3, -0.25) is 13.8 Å². The number of aliphatic hydroxyl groups excluding tert-OH is 1. The molecule has 0 aromatic heterocycles. The topological polar surface area (TPSA) is 102 Å². The lowest BCUT2D eigenvalue weighted by Crippen LogP contribution is -2.37. The van der Waals surface area contributed by atoms with Crippen molar-refractivity contribution in [3.05, 3.63) is 0 Å². The third-order valence-electron chi connectivity index (χ3n) is 6.03. The monoisotopic (exact) mass is 561 g/mol. The van der Waals surface area contributed by atoms with Gasteiger partial charge in [0.25, 0.3) is 0 Å². The summed E-state index contributed by atoms with van der Waals surface area (Å²) in [5.74, 6) is -0.531. The Morgan fingerprint density at radius 1 is 0.784 bits per heavy atom. The molecule has 0 rings (SSSR count). The van der Waals surface area contributed by atoms with Gasteiger partial charge in [0.2, 0.25) is 0 Å². The molecule has 0 radical (unpaired) electrons. The van der Waals surface area contributed by atoms with Crippen LogP contribution in [0.5, 0.6) is 0 Å². The lowest BCUT2D eigenvalue weighted by Gasteiger charge is -2.24. The maximum Gasteiger partial charge on any atom is 0.472 e. The van der Waals surface area contributed by atoms with Crippen molar-refractivity contribution >= 4 is 13.8 Å². The van der Waals surface area contributed by atoms with E-state index >= 15 is 0 Å². The maximum atomic E-state index is 12.1. The lowest BCUT2D eigenvalue weighted by molar-refractivity contribution is -0.870. The molecule has 0 bridgehead atoms. The van der Waals surface area contributed by atoms with Gasteiger partial charge >= 0.3 is 13.8 Å². The zero-order chi connectivity index (χ0) is 35.3. The van der Waals surface area contributed by atoms with Crippen LogP contribution in [-0.4, -0.2) is 73.8 Å². The second-order valence-electron chi connectivity index (χ2n) is 9.87. The number of hydrogen-bond donors (Lipinski definition) is 2. The van der Waals surface area contributed by atoms with E-state index < -0.39 is 71.7 Å². The molecule has 0 amide bonds. The highest BCUT2D eigenvalue weighted by Crippen LogP contribution is 2.43.